The lowest BCUT2D eigenvalue weighted by Crippen LogP contribution is -2.31. The van der Waals surface area contributed by atoms with Gasteiger partial charge in [-0.05, 0) is 25.0 Å². The zero-order valence-electron chi connectivity index (χ0n) is 15.4. The number of ether oxygens (including phenoxy) is 1. The Balaban J connectivity index is 1.74. The van der Waals surface area contributed by atoms with Gasteiger partial charge in [-0.3, -0.25) is 14.6 Å². The van der Waals surface area contributed by atoms with E-state index in [9.17, 15) is 14.4 Å². The van der Waals surface area contributed by atoms with Gasteiger partial charge in [-0.2, -0.15) is 5.10 Å². The van der Waals surface area contributed by atoms with Gasteiger partial charge in [-0.15, -0.1) is 0 Å². The highest BCUT2D eigenvalue weighted by Crippen LogP contribution is 2.40. The Bertz CT molecular complexity index is 1280. The minimum Gasteiger partial charge on any atom is -0.434 e. The smallest absolute Gasteiger partial charge is 0.344 e. The Labute approximate surface area is 173 Å². The molecule has 0 aliphatic heterocycles. The first-order valence-electron chi connectivity index (χ1n) is 8.67. The summed E-state index contributed by atoms with van der Waals surface area (Å²) in [6.45, 7) is 0. The van der Waals surface area contributed by atoms with E-state index in [0.717, 1.165) is 17.5 Å². The van der Waals surface area contributed by atoms with Crippen LogP contribution >= 0.6 is 23.2 Å². The van der Waals surface area contributed by atoms with Crippen molar-refractivity contribution in [3.63, 3.8) is 0 Å². The molecule has 1 N–H and O–H groups in total. The summed E-state index contributed by atoms with van der Waals surface area (Å²) in [4.78, 5) is 42.2. The van der Waals surface area contributed by atoms with Crippen LogP contribution in [0, 0.1) is 0 Å². The molecule has 29 heavy (non-hydrogen) atoms. The van der Waals surface area contributed by atoms with Gasteiger partial charge >= 0.3 is 5.69 Å². The fraction of sp³-hybridized carbons (Fsp3) is 0.278. The van der Waals surface area contributed by atoms with Crippen LogP contribution < -0.4 is 21.5 Å². The zero-order chi connectivity index (χ0) is 20.9. The van der Waals surface area contributed by atoms with Crippen LogP contribution in [0.5, 0.6) is 11.6 Å². The summed E-state index contributed by atoms with van der Waals surface area (Å²) < 4.78 is 8.16. The number of nitrogens with zero attached hydrogens (tertiary/aromatic N) is 4. The Morgan fingerprint density at radius 1 is 1.14 bits per heavy atom. The third kappa shape index (κ3) is 3.70. The number of aryl methyl sites for hydroxylation is 2. The van der Waals surface area contributed by atoms with E-state index in [1.807, 2.05) is 0 Å². The van der Waals surface area contributed by atoms with E-state index < -0.39 is 11.2 Å². The van der Waals surface area contributed by atoms with Crippen LogP contribution in [-0.4, -0.2) is 24.3 Å². The van der Waals surface area contributed by atoms with Gasteiger partial charge in [0, 0.05) is 25.6 Å². The van der Waals surface area contributed by atoms with Gasteiger partial charge in [0.2, 0.25) is 5.88 Å². The quantitative estimate of drug-likeness (QED) is 0.671. The number of H-pyrrole nitrogens is 1. The second-order valence-corrected chi connectivity index (χ2v) is 7.57. The predicted molar refractivity (Wildman–Crippen MR) is 107 cm³/mol. The van der Waals surface area contributed by atoms with Crippen molar-refractivity contribution in [1.82, 2.24) is 24.3 Å². The van der Waals surface area contributed by atoms with E-state index in [4.69, 9.17) is 27.9 Å². The van der Waals surface area contributed by atoms with Gasteiger partial charge in [-0.1, -0.05) is 23.2 Å². The van der Waals surface area contributed by atoms with E-state index in [-0.39, 0.29) is 38.8 Å². The molecular weight excluding hydrogens is 421 g/mol. The molecule has 2 heterocycles. The maximum Gasteiger partial charge on any atom is 0.344 e. The summed E-state index contributed by atoms with van der Waals surface area (Å²) in [7, 11) is 3.03. The van der Waals surface area contributed by atoms with Crippen molar-refractivity contribution in [2.75, 3.05) is 0 Å². The Hall–Kier alpha value is -2.91. The molecule has 0 spiro atoms. The summed E-state index contributed by atoms with van der Waals surface area (Å²) in [5, 5.41) is 4.18. The Morgan fingerprint density at radius 2 is 1.79 bits per heavy atom. The summed E-state index contributed by atoms with van der Waals surface area (Å²) in [5.41, 5.74) is -0.706. The van der Waals surface area contributed by atoms with Crippen molar-refractivity contribution in [2.24, 2.45) is 14.1 Å². The van der Waals surface area contributed by atoms with Gasteiger partial charge in [0.1, 0.15) is 5.69 Å². The molecule has 150 valence electrons. The van der Waals surface area contributed by atoms with Crippen molar-refractivity contribution in [1.29, 1.82) is 0 Å². The Kier molecular flexibility index (Phi) is 4.79. The molecule has 0 atom stereocenters. The van der Waals surface area contributed by atoms with Crippen LogP contribution in [0.25, 0.3) is 11.3 Å². The molecule has 11 heteroatoms. The van der Waals surface area contributed by atoms with E-state index in [0.29, 0.717) is 11.3 Å². The fourth-order valence-electron chi connectivity index (χ4n) is 2.84. The number of benzene rings is 1. The number of aromatic nitrogens is 5. The number of rotatable bonds is 4. The molecule has 1 aromatic carbocycles. The van der Waals surface area contributed by atoms with Crippen LogP contribution in [0.4, 0.5) is 0 Å². The van der Waals surface area contributed by atoms with E-state index in [2.05, 4.69) is 15.1 Å². The molecular formula is C18H15Cl2N5O4. The van der Waals surface area contributed by atoms with E-state index in [1.54, 1.807) is 7.05 Å². The summed E-state index contributed by atoms with van der Waals surface area (Å²) in [6, 6.07) is 2.91. The van der Waals surface area contributed by atoms with Crippen molar-refractivity contribution < 1.29 is 4.74 Å². The van der Waals surface area contributed by atoms with Crippen LogP contribution in [0.2, 0.25) is 10.0 Å². The summed E-state index contributed by atoms with van der Waals surface area (Å²) >= 11 is 12.7. The number of nitrogens with one attached hydrogen (secondary N) is 1. The molecule has 2 aromatic heterocycles. The molecule has 4 rings (SSSR count). The van der Waals surface area contributed by atoms with Crippen molar-refractivity contribution in [2.45, 2.75) is 18.8 Å². The number of halogens is 2. The second kappa shape index (κ2) is 7.16. The molecule has 1 fully saturated rings. The lowest BCUT2D eigenvalue weighted by Gasteiger charge is -2.12. The summed E-state index contributed by atoms with van der Waals surface area (Å²) in [5.74, 6) is 0.461. The molecule has 0 bridgehead atoms. The molecule has 0 unspecified atom stereocenters. The highest BCUT2D eigenvalue weighted by Gasteiger charge is 2.29. The van der Waals surface area contributed by atoms with Gasteiger partial charge in [0.05, 0.1) is 16.2 Å². The Morgan fingerprint density at radius 3 is 2.41 bits per heavy atom. The molecule has 0 radical (unpaired) electrons. The summed E-state index contributed by atoms with van der Waals surface area (Å²) in [6.07, 6.45) is 3.29. The van der Waals surface area contributed by atoms with Crippen LogP contribution in [0.15, 0.2) is 32.7 Å². The SMILES string of the molecule is Cn1cc(Oc2c(Cl)cc(-c3nn(C)c(=O)[nH]c3=O)cc2Cl)nc(C2CC2)c1=O. The molecule has 1 aliphatic carbocycles. The normalized spacial score (nSPS) is 13.5. The van der Waals surface area contributed by atoms with Crippen molar-refractivity contribution >= 4 is 23.2 Å². The molecule has 1 saturated carbocycles. The van der Waals surface area contributed by atoms with Crippen LogP contribution in [0.3, 0.4) is 0 Å². The standard InChI is InChI=1S/C18H15Cl2N5O4/c1-24-7-12(21-14(17(24)27)8-3-4-8)29-15-10(19)5-9(6-11(15)20)13-16(26)22-18(28)25(2)23-13/h5-8H,3-4H2,1-2H3,(H,22,26,28). The zero-order valence-corrected chi connectivity index (χ0v) is 16.9. The van der Waals surface area contributed by atoms with Crippen LogP contribution in [-0.2, 0) is 14.1 Å². The molecule has 0 amide bonds. The van der Waals surface area contributed by atoms with E-state index in [1.165, 1.54) is 29.9 Å². The maximum atomic E-state index is 12.2. The first-order valence-corrected chi connectivity index (χ1v) is 9.42. The lowest BCUT2D eigenvalue weighted by molar-refractivity contribution is 0.452. The minimum absolute atomic E-state index is 0.0151. The maximum absolute atomic E-state index is 12.2. The number of aromatic amines is 1. The number of hydrogen-bond donors (Lipinski definition) is 1. The highest BCUT2D eigenvalue weighted by molar-refractivity contribution is 6.37. The van der Waals surface area contributed by atoms with E-state index >= 15 is 0 Å². The second-order valence-electron chi connectivity index (χ2n) is 6.76. The number of hydrogen-bond acceptors (Lipinski definition) is 6. The largest absolute Gasteiger partial charge is 0.434 e. The molecule has 3 aromatic rings. The highest BCUT2D eigenvalue weighted by atomic mass is 35.5. The average molecular weight is 436 g/mol. The molecule has 1 aliphatic rings. The van der Waals surface area contributed by atoms with Crippen molar-refractivity contribution in [3.8, 4) is 22.9 Å². The minimum atomic E-state index is -0.664. The third-order valence-electron chi connectivity index (χ3n) is 4.50. The first-order chi connectivity index (χ1) is 13.7. The van der Waals surface area contributed by atoms with Gasteiger partial charge in [0.25, 0.3) is 11.1 Å². The van der Waals surface area contributed by atoms with Gasteiger partial charge in [-0.25, -0.2) is 14.5 Å². The predicted octanol–water partition coefficient (Wildman–Crippen LogP) is 2.21. The topological polar surface area (TPSA) is 112 Å². The average Bonchev–Trinajstić information content (AvgIpc) is 3.49. The fourth-order valence-corrected chi connectivity index (χ4v) is 3.40. The molecule has 0 saturated heterocycles. The lowest BCUT2D eigenvalue weighted by atomic mass is 10.1. The van der Waals surface area contributed by atoms with Gasteiger partial charge in [0.15, 0.2) is 11.4 Å². The molecule has 9 nitrogen and oxygen atoms in total. The monoisotopic (exact) mass is 435 g/mol. The first kappa shape index (κ1) is 19.4. The van der Waals surface area contributed by atoms with Crippen molar-refractivity contribution in [3.05, 3.63) is 65.3 Å². The third-order valence-corrected chi connectivity index (χ3v) is 5.06. The van der Waals surface area contributed by atoms with Gasteiger partial charge < -0.3 is 9.30 Å². The van der Waals surface area contributed by atoms with Crippen LogP contribution in [0.1, 0.15) is 24.5 Å².